The van der Waals surface area contributed by atoms with Crippen LogP contribution >= 0.6 is 31.9 Å². The molecule has 0 fully saturated rings. The fraction of sp³-hybridized carbons (Fsp3) is 0.333. The Hall–Kier alpha value is 0.657. The molecule has 0 aromatic carbocycles. The van der Waals surface area contributed by atoms with Gasteiger partial charge in [0, 0.05) is 0 Å². The Labute approximate surface area is 74.3 Å². The molecule has 0 atom stereocenters. The fourth-order valence-electron chi connectivity index (χ4n) is 0.147. The lowest BCUT2D eigenvalue weighted by molar-refractivity contribution is 1.83. The largest absolute Gasteiger partial charge is 0.128 e. The van der Waals surface area contributed by atoms with Crippen LogP contribution in [0.4, 0.5) is 0 Å². The molecule has 52 valence electrons. The number of hydrogen-bond acceptors (Lipinski definition) is 0. The lowest BCUT2D eigenvalue weighted by atomic mass is 11.2. The normalized spacial score (nSPS) is 11.1. The molecule has 0 amide bonds. The minimum atomic E-state index is -1.41. The second-order valence-electron chi connectivity index (χ2n) is 2.43. The van der Waals surface area contributed by atoms with Crippen LogP contribution < -0.4 is 0 Å². The van der Waals surface area contributed by atoms with Crippen molar-refractivity contribution >= 4 is 39.9 Å². The van der Waals surface area contributed by atoms with E-state index in [2.05, 4.69) is 58.1 Å². The van der Waals surface area contributed by atoms with Gasteiger partial charge in [-0.05, 0) is 8.21 Å². The van der Waals surface area contributed by atoms with Gasteiger partial charge in [-0.25, -0.2) is 0 Å². The van der Waals surface area contributed by atoms with Crippen LogP contribution in [0.2, 0.25) is 13.1 Å². The first-order chi connectivity index (χ1) is 3.89. The van der Waals surface area contributed by atoms with E-state index in [9.17, 15) is 0 Å². The molecule has 0 nitrogen and oxygen atoms in total. The first-order valence-electron chi connectivity index (χ1n) is 2.59. The van der Waals surface area contributed by atoms with E-state index in [4.69, 9.17) is 0 Å². The molecule has 9 heavy (non-hydrogen) atoms. The average molecular weight is 270 g/mol. The lowest BCUT2D eigenvalue weighted by Crippen LogP contribution is -2.25. The zero-order valence-electron chi connectivity index (χ0n) is 5.67. The molecule has 0 radical (unpaired) electrons. The van der Waals surface area contributed by atoms with Crippen LogP contribution in [0.25, 0.3) is 0 Å². The summed E-state index contributed by atoms with van der Waals surface area (Å²) in [6, 6.07) is 0. The first kappa shape index (κ1) is 9.66. The molecule has 0 aliphatic heterocycles. The number of halogens is 2. The van der Waals surface area contributed by atoms with E-state index in [1.807, 2.05) is 0 Å². The molecule has 0 aromatic heterocycles. The van der Waals surface area contributed by atoms with E-state index >= 15 is 0 Å². The number of rotatable bonds is 2. The van der Waals surface area contributed by atoms with Crippen LogP contribution in [0.15, 0.2) is 21.4 Å². The second kappa shape index (κ2) is 3.17. The molecule has 0 rings (SSSR count). The third-order valence-electron chi connectivity index (χ3n) is 1.36. The summed E-state index contributed by atoms with van der Waals surface area (Å²) < 4.78 is 2.16. The van der Waals surface area contributed by atoms with Crippen molar-refractivity contribution in [1.29, 1.82) is 0 Å². The predicted molar refractivity (Wildman–Crippen MR) is 53.6 cm³/mol. The van der Waals surface area contributed by atoms with Crippen LogP contribution in [-0.4, -0.2) is 8.07 Å². The van der Waals surface area contributed by atoms with E-state index < -0.39 is 8.07 Å². The molecule has 0 saturated heterocycles. The SMILES string of the molecule is C=C(Br)[Si](C)(C)C(=C)Br. The molecule has 0 bridgehead atoms. The summed E-state index contributed by atoms with van der Waals surface area (Å²) in [7, 11) is -1.41. The summed E-state index contributed by atoms with van der Waals surface area (Å²) in [5, 5.41) is 0. The molecule has 0 aliphatic rings. The quantitative estimate of drug-likeness (QED) is 0.672. The van der Waals surface area contributed by atoms with Crippen LogP contribution in [0, 0.1) is 0 Å². The molecule has 0 heterocycles. The molecule has 0 saturated carbocycles. The number of hydrogen-bond donors (Lipinski definition) is 0. The van der Waals surface area contributed by atoms with Crippen molar-refractivity contribution in [2.45, 2.75) is 13.1 Å². The van der Waals surface area contributed by atoms with E-state index in [0.29, 0.717) is 0 Å². The summed E-state index contributed by atoms with van der Waals surface area (Å²) in [6.07, 6.45) is 0. The summed E-state index contributed by atoms with van der Waals surface area (Å²) >= 11 is 6.75. The molecule has 3 heteroatoms. The van der Waals surface area contributed by atoms with Gasteiger partial charge in [0.1, 0.15) is 8.07 Å². The van der Waals surface area contributed by atoms with E-state index in [-0.39, 0.29) is 0 Å². The average Bonchev–Trinajstić information content (AvgIpc) is 1.65. The van der Waals surface area contributed by atoms with Gasteiger partial charge in [0.25, 0.3) is 0 Å². The van der Waals surface area contributed by atoms with Gasteiger partial charge in [-0.2, -0.15) is 0 Å². The molecular formula is C6H10Br2Si. The molecule has 0 unspecified atom stereocenters. The zero-order valence-corrected chi connectivity index (χ0v) is 9.84. The van der Waals surface area contributed by atoms with Gasteiger partial charge in [-0.1, -0.05) is 58.1 Å². The molecule has 0 aromatic rings. The molecule has 0 spiro atoms. The Morgan fingerprint density at radius 1 is 1.11 bits per heavy atom. The van der Waals surface area contributed by atoms with Gasteiger partial charge in [0.2, 0.25) is 0 Å². The van der Waals surface area contributed by atoms with Gasteiger partial charge in [0.05, 0.1) is 0 Å². The van der Waals surface area contributed by atoms with Crippen molar-refractivity contribution in [3.05, 3.63) is 21.4 Å². The van der Waals surface area contributed by atoms with Crippen molar-refractivity contribution in [3.63, 3.8) is 0 Å². The highest BCUT2D eigenvalue weighted by molar-refractivity contribution is 9.13. The van der Waals surface area contributed by atoms with E-state index in [1.165, 1.54) is 0 Å². The van der Waals surface area contributed by atoms with Crippen LogP contribution in [-0.2, 0) is 0 Å². The summed E-state index contributed by atoms with van der Waals surface area (Å²) in [4.78, 5) is 0. The van der Waals surface area contributed by atoms with Crippen molar-refractivity contribution < 1.29 is 0 Å². The lowest BCUT2D eigenvalue weighted by Gasteiger charge is -2.18. The van der Waals surface area contributed by atoms with Crippen LogP contribution in [0.3, 0.4) is 0 Å². The topological polar surface area (TPSA) is 0 Å². The Balaban J connectivity index is 4.38. The monoisotopic (exact) mass is 268 g/mol. The van der Waals surface area contributed by atoms with Gasteiger partial charge in [-0.3, -0.25) is 0 Å². The summed E-state index contributed by atoms with van der Waals surface area (Å²) in [6.45, 7) is 12.0. The predicted octanol–water partition coefficient (Wildman–Crippen LogP) is 3.59. The van der Waals surface area contributed by atoms with Crippen molar-refractivity contribution in [1.82, 2.24) is 0 Å². The van der Waals surface area contributed by atoms with Gasteiger partial charge >= 0.3 is 0 Å². The van der Waals surface area contributed by atoms with Gasteiger partial charge in [-0.15, -0.1) is 0 Å². The van der Waals surface area contributed by atoms with Crippen molar-refractivity contribution in [2.75, 3.05) is 0 Å². The van der Waals surface area contributed by atoms with Crippen LogP contribution in [0.5, 0.6) is 0 Å². The first-order valence-corrected chi connectivity index (χ1v) is 7.17. The van der Waals surface area contributed by atoms with E-state index in [0.717, 1.165) is 8.21 Å². The Kier molecular flexibility index (Phi) is 3.40. The third kappa shape index (κ3) is 2.39. The maximum absolute atomic E-state index is 3.84. The zero-order chi connectivity index (χ0) is 7.65. The highest BCUT2D eigenvalue weighted by Gasteiger charge is 2.24. The van der Waals surface area contributed by atoms with Gasteiger partial charge < -0.3 is 0 Å². The second-order valence-corrected chi connectivity index (χ2v) is 10.3. The van der Waals surface area contributed by atoms with Gasteiger partial charge in [0.15, 0.2) is 0 Å². The molecule has 0 N–H and O–H groups in total. The minimum Gasteiger partial charge on any atom is -0.0926 e. The van der Waals surface area contributed by atoms with Crippen LogP contribution in [0.1, 0.15) is 0 Å². The summed E-state index contributed by atoms with van der Waals surface area (Å²) in [5.74, 6) is 0. The smallest absolute Gasteiger partial charge is 0.0926 e. The highest BCUT2D eigenvalue weighted by Crippen LogP contribution is 2.28. The Bertz CT molecular complexity index is 133. The maximum atomic E-state index is 3.84. The van der Waals surface area contributed by atoms with Crippen molar-refractivity contribution in [3.8, 4) is 0 Å². The Morgan fingerprint density at radius 3 is 1.33 bits per heavy atom. The Morgan fingerprint density at radius 2 is 1.33 bits per heavy atom. The third-order valence-corrected chi connectivity index (χ3v) is 10.0. The van der Waals surface area contributed by atoms with Crippen molar-refractivity contribution in [2.24, 2.45) is 0 Å². The minimum absolute atomic E-state index is 1.08. The highest BCUT2D eigenvalue weighted by atomic mass is 79.9. The maximum Gasteiger partial charge on any atom is 0.128 e. The molecule has 0 aliphatic carbocycles. The van der Waals surface area contributed by atoms with E-state index in [1.54, 1.807) is 0 Å². The molecular weight excluding hydrogens is 260 g/mol. The standard InChI is InChI=1S/C6H10Br2Si/c1-5(7)9(3,4)6(2)8/h1-2H2,3-4H3. The fourth-order valence-corrected chi connectivity index (χ4v) is 2.68. The summed E-state index contributed by atoms with van der Waals surface area (Å²) in [5.41, 5.74) is 0.